The van der Waals surface area contributed by atoms with Crippen LogP contribution in [0, 0.1) is 0 Å². The van der Waals surface area contributed by atoms with E-state index in [1.54, 1.807) is 30.6 Å². The number of hydrogen-bond acceptors (Lipinski definition) is 6. The normalized spacial score (nSPS) is 15.0. The van der Waals surface area contributed by atoms with Crippen molar-refractivity contribution in [1.82, 2.24) is 14.9 Å². The van der Waals surface area contributed by atoms with Crippen LogP contribution in [0.5, 0.6) is 5.75 Å². The molecule has 1 fully saturated rings. The summed E-state index contributed by atoms with van der Waals surface area (Å²) in [4.78, 5) is 15.4. The van der Waals surface area contributed by atoms with Gasteiger partial charge in [0.2, 0.25) is 0 Å². The van der Waals surface area contributed by atoms with Gasteiger partial charge in [-0.15, -0.1) is 0 Å². The molecular weight excluding hydrogens is 400 g/mol. The van der Waals surface area contributed by atoms with E-state index >= 15 is 0 Å². The summed E-state index contributed by atoms with van der Waals surface area (Å²) in [6, 6.07) is 7.01. The fourth-order valence-electron chi connectivity index (χ4n) is 3.30. The molecule has 1 saturated heterocycles. The number of phenolic OH excluding ortho intramolecular Hbond substituents is 1. The monoisotopic (exact) mass is 428 g/mol. The summed E-state index contributed by atoms with van der Waals surface area (Å²) in [6.45, 7) is 14.9. The van der Waals surface area contributed by atoms with Crippen molar-refractivity contribution in [2.45, 2.75) is 12.8 Å². The van der Waals surface area contributed by atoms with Crippen LogP contribution in [0.15, 0.2) is 85.2 Å². The van der Waals surface area contributed by atoms with Crippen LogP contribution in [0.3, 0.4) is 0 Å². The number of nitrogens with two attached hydrogens (primary N) is 2. The number of aliphatic imine (C=N–C) groups is 1. The van der Waals surface area contributed by atoms with Gasteiger partial charge in [-0.05, 0) is 42.3 Å². The van der Waals surface area contributed by atoms with Crippen LogP contribution in [-0.2, 0) is 0 Å². The summed E-state index contributed by atoms with van der Waals surface area (Å²) in [6.07, 6.45) is 9.03. The summed E-state index contributed by atoms with van der Waals surface area (Å²) in [5.41, 5.74) is 16.0. The summed E-state index contributed by atoms with van der Waals surface area (Å²) in [7, 11) is 0. The van der Waals surface area contributed by atoms with Crippen molar-refractivity contribution in [3.05, 3.63) is 97.2 Å². The van der Waals surface area contributed by atoms with Crippen LogP contribution in [0.4, 0.5) is 5.82 Å². The van der Waals surface area contributed by atoms with Crippen molar-refractivity contribution in [2.75, 3.05) is 18.8 Å². The Hall–Kier alpha value is -4.13. The van der Waals surface area contributed by atoms with Gasteiger partial charge in [0.15, 0.2) is 5.82 Å². The van der Waals surface area contributed by atoms with Crippen LogP contribution in [0.25, 0.3) is 11.3 Å². The van der Waals surface area contributed by atoms with E-state index < -0.39 is 0 Å². The average molecular weight is 429 g/mol. The Bertz CT molecular complexity index is 1120. The van der Waals surface area contributed by atoms with Crippen molar-refractivity contribution in [2.24, 2.45) is 10.7 Å². The molecule has 32 heavy (non-hydrogen) atoms. The van der Waals surface area contributed by atoms with Gasteiger partial charge in [-0.1, -0.05) is 43.5 Å². The molecule has 7 heteroatoms. The zero-order valence-corrected chi connectivity index (χ0v) is 18.2. The minimum absolute atomic E-state index is 0.200. The number of likely N-dealkylation sites (tertiary alicyclic amines) is 1. The molecule has 1 aliphatic rings. The van der Waals surface area contributed by atoms with Crippen molar-refractivity contribution in [3.63, 3.8) is 0 Å². The van der Waals surface area contributed by atoms with E-state index in [1.807, 2.05) is 31.2 Å². The number of aromatic hydroxyl groups is 1. The Morgan fingerprint density at radius 2 is 1.94 bits per heavy atom. The summed E-state index contributed by atoms with van der Waals surface area (Å²) in [5.74, 6) is 1.47. The quantitative estimate of drug-likeness (QED) is 0.351. The van der Waals surface area contributed by atoms with Crippen molar-refractivity contribution in [1.29, 1.82) is 0 Å². The lowest BCUT2D eigenvalue weighted by Gasteiger charge is -2.40. The van der Waals surface area contributed by atoms with Gasteiger partial charge in [0, 0.05) is 25.2 Å². The Morgan fingerprint density at radius 1 is 1.25 bits per heavy atom. The molecule has 0 amide bonds. The molecule has 0 saturated carbocycles. The molecule has 0 atom stereocenters. The molecule has 2 heterocycles. The van der Waals surface area contributed by atoms with Gasteiger partial charge >= 0.3 is 0 Å². The van der Waals surface area contributed by atoms with Crippen LogP contribution in [0.2, 0.25) is 0 Å². The van der Waals surface area contributed by atoms with Gasteiger partial charge < -0.3 is 21.5 Å². The number of phenols is 1. The third kappa shape index (κ3) is 5.31. The van der Waals surface area contributed by atoms with Gasteiger partial charge in [-0.3, -0.25) is 0 Å². The SMILES string of the molecule is C=CC(=N/C=C\C(=C/C(=C)C)c1ccc(O)cc1)N1CC(c2cnc(N)c(C(=C)N)n2)C1. The number of nitrogens with zero attached hydrogens (tertiary/aromatic N) is 4. The molecule has 1 aliphatic heterocycles. The van der Waals surface area contributed by atoms with E-state index in [9.17, 15) is 5.11 Å². The molecule has 164 valence electrons. The molecule has 1 aromatic carbocycles. The zero-order chi connectivity index (χ0) is 23.3. The molecule has 5 N–H and O–H groups in total. The third-order valence-corrected chi connectivity index (χ3v) is 4.99. The molecule has 2 aromatic rings. The minimum atomic E-state index is 0.200. The first-order valence-electron chi connectivity index (χ1n) is 10.1. The fraction of sp³-hybridized carbons (Fsp3) is 0.160. The number of nitrogen functional groups attached to an aromatic ring is 1. The Balaban J connectivity index is 1.71. The summed E-state index contributed by atoms with van der Waals surface area (Å²) in [5, 5.41) is 9.54. The molecule has 0 unspecified atom stereocenters. The predicted octanol–water partition coefficient (Wildman–Crippen LogP) is 3.85. The summed E-state index contributed by atoms with van der Waals surface area (Å²) < 4.78 is 0. The predicted molar refractivity (Wildman–Crippen MR) is 132 cm³/mol. The number of amidine groups is 1. The standard InChI is InChI=1S/C25H28N6O/c1-5-23(28-11-10-19(12-16(2)3)18-6-8-21(32)9-7-18)31-14-20(15-31)22-13-29-25(27)24(30-22)17(4)26/h5-13,20,32H,1-2,4,14-15,26H2,3H3,(H2,27,29)/b11-10-,19-12+,28-23?. The van der Waals surface area contributed by atoms with E-state index in [0.717, 1.165) is 41.3 Å². The van der Waals surface area contributed by atoms with Gasteiger partial charge in [0.05, 0.1) is 17.6 Å². The lowest BCUT2D eigenvalue weighted by atomic mass is 9.96. The van der Waals surface area contributed by atoms with Crippen LogP contribution >= 0.6 is 0 Å². The average Bonchev–Trinajstić information content (AvgIpc) is 2.71. The van der Waals surface area contributed by atoms with Crippen LogP contribution < -0.4 is 11.5 Å². The highest BCUT2D eigenvalue weighted by Crippen LogP contribution is 2.27. The van der Waals surface area contributed by atoms with Gasteiger partial charge in [0.1, 0.15) is 17.3 Å². The number of anilines is 1. The minimum Gasteiger partial charge on any atom is -0.508 e. The number of aromatic nitrogens is 2. The Kier molecular flexibility index (Phi) is 6.90. The molecule has 3 rings (SSSR count). The Labute approximate surface area is 188 Å². The maximum absolute atomic E-state index is 9.54. The smallest absolute Gasteiger partial charge is 0.151 e. The topological polar surface area (TPSA) is 114 Å². The third-order valence-electron chi connectivity index (χ3n) is 4.99. The van der Waals surface area contributed by atoms with E-state index in [-0.39, 0.29) is 17.5 Å². The van der Waals surface area contributed by atoms with Crippen LogP contribution in [-0.4, -0.2) is 38.9 Å². The number of rotatable bonds is 7. The highest BCUT2D eigenvalue weighted by molar-refractivity contribution is 5.93. The number of allylic oxidation sites excluding steroid dienone is 4. The van der Waals surface area contributed by atoms with Gasteiger partial charge in [-0.2, -0.15) is 0 Å². The van der Waals surface area contributed by atoms with Crippen molar-refractivity contribution >= 4 is 22.9 Å². The molecule has 0 radical (unpaired) electrons. The lowest BCUT2D eigenvalue weighted by Crippen LogP contribution is -2.48. The second-order valence-electron chi connectivity index (χ2n) is 7.66. The number of hydrogen-bond donors (Lipinski definition) is 3. The van der Waals surface area contributed by atoms with Crippen molar-refractivity contribution in [3.8, 4) is 5.75 Å². The summed E-state index contributed by atoms with van der Waals surface area (Å²) >= 11 is 0. The molecule has 0 aliphatic carbocycles. The first-order chi connectivity index (χ1) is 15.3. The van der Waals surface area contributed by atoms with E-state index in [0.29, 0.717) is 11.4 Å². The second kappa shape index (κ2) is 9.78. The molecular formula is C25H28N6O. The van der Waals surface area contributed by atoms with Gasteiger partial charge in [0.25, 0.3) is 0 Å². The number of benzene rings is 1. The molecule has 7 nitrogen and oxygen atoms in total. The van der Waals surface area contributed by atoms with Gasteiger partial charge in [-0.25, -0.2) is 15.0 Å². The first-order valence-corrected chi connectivity index (χ1v) is 10.1. The van der Waals surface area contributed by atoms with E-state index in [1.165, 1.54) is 0 Å². The van der Waals surface area contributed by atoms with Crippen molar-refractivity contribution < 1.29 is 5.11 Å². The molecule has 0 bridgehead atoms. The largest absolute Gasteiger partial charge is 0.508 e. The maximum Gasteiger partial charge on any atom is 0.151 e. The first kappa shape index (κ1) is 22.6. The fourth-order valence-corrected chi connectivity index (χ4v) is 3.30. The lowest BCUT2D eigenvalue weighted by molar-refractivity contribution is 0.249. The van der Waals surface area contributed by atoms with Crippen LogP contribution in [0.1, 0.15) is 29.8 Å². The molecule has 0 spiro atoms. The molecule has 1 aromatic heterocycles. The zero-order valence-electron chi connectivity index (χ0n) is 18.2. The highest BCUT2D eigenvalue weighted by Gasteiger charge is 2.31. The second-order valence-corrected chi connectivity index (χ2v) is 7.66. The Morgan fingerprint density at radius 3 is 2.53 bits per heavy atom. The van der Waals surface area contributed by atoms with E-state index in [4.69, 9.17) is 11.5 Å². The highest BCUT2D eigenvalue weighted by atomic mass is 16.3. The maximum atomic E-state index is 9.54. The van der Waals surface area contributed by atoms with E-state index in [2.05, 4.69) is 39.6 Å².